The number of thiophene rings is 1. The normalized spacial score (nSPS) is 12.7. The molecule has 2 rings (SSSR count). The highest BCUT2D eigenvalue weighted by Gasteiger charge is 2.17. The predicted molar refractivity (Wildman–Crippen MR) is 77.1 cm³/mol. The average molecular weight is 329 g/mol. The first-order chi connectivity index (χ1) is 8.52. The van der Waals surface area contributed by atoms with Crippen LogP contribution in [0.5, 0.6) is 0 Å². The fourth-order valence-corrected chi connectivity index (χ4v) is 3.42. The Morgan fingerprint density at radius 2 is 2.00 bits per heavy atom. The van der Waals surface area contributed by atoms with Crippen LogP contribution in [0.1, 0.15) is 27.6 Å². The summed E-state index contributed by atoms with van der Waals surface area (Å²) in [6, 6.07) is 7.06. The first-order valence-corrected chi connectivity index (χ1v) is 7.12. The fourth-order valence-electron chi connectivity index (χ4n) is 1.76. The summed E-state index contributed by atoms with van der Waals surface area (Å²) >= 11 is 5.09. The number of benzene rings is 1. The quantitative estimate of drug-likeness (QED) is 0.664. The van der Waals surface area contributed by atoms with Crippen molar-refractivity contribution < 1.29 is 4.39 Å². The van der Waals surface area contributed by atoms with E-state index in [2.05, 4.69) is 27.4 Å². The van der Waals surface area contributed by atoms with Crippen LogP contribution in [0, 0.1) is 19.7 Å². The molecule has 1 aromatic heterocycles. The molecule has 0 amide bonds. The predicted octanol–water partition coefficient (Wildman–Crippen LogP) is 3.82. The molecule has 5 heteroatoms. The summed E-state index contributed by atoms with van der Waals surface area (Å²) in [5.41, 5.74) is 5.37. The van der Waals surface area contributed by atoms with E-state index in [4.69, 9.17) is 5.84 Å². The average Bonchev–Trinajstić information content (AvgIpc) is 2.65. The standard InChI is InChI=1S/C13H14BrFN2S/c1-7-3-4-9(6-10(7)15)12(17-16)11-5-8(2)13(14)18-11/h3-6,12,17H,16H2,1-2H3. The SMILES string of the molecule is Cc1ccc(C(NN)c2cc(C)c(Br)s2)cc1F. The number of hydrazine groups is 1. The van der Waals surface area contributed by atoms with Crippen molar-refractivity contribution in [3.05, 3.63) is 55.4 Å². The molecule has 0 aliphatic carbocycles. The summed E-state index contributed by atoms with van der Waals surface area (Å²) in [6.07, 6.45) is 0. The Morgan fingerprint density at radius 3 is 2.50 bits per heavy atom. The third-order valence-corrected chi connectivity index (χ3v) is 5.06. The van der Waals surface area contributed by atoms with E-state index in [-0.39, 0.29) is 11.9 Å². The van der Waals surface area contributed by atoms with Crippen molar-refractivity contribution in [1.82, 2.24) is 5.43 Å². The minimum atomic E-state index is -0.208. The number of aryl methyl sites for hydroxylation is 2. The molecule has 0 bridgehead atoms. The van der Waals surface area contributed by atoms with Crippen LogP contribution in [0.4, 0.5) is 4.39 Å². The molecular formula is C13H14BrFN2S. The Hall–Kier alpha value is -0.750. The van der Waals surface area contributed by atoms with Crippen LogP contribution in [0.25, 0.3) is 0 Å². The second kappa shape index (κ2) is 5.48. The molecular weight excluding hydrogens is 315 g/mol. The summed E-state index contributed by atoms with van der Waals surface area (Å²) in [6.45, 7) is 3.77. The van der Waals surface area contributed by atoms with Crippen LogP contribution in [-0.4, -0.2) is 0 Å². The maximum absolute atomic E-state index is 13.6. The summed E-state index contributed by atoms with van der Waals surface area (Å²) in [7, 11) is 0. The Kier molecular flexibility index (Phi) is 4.17. The van der Waals surface area contributed by atoms with Crippen molar-refractivity contribution in [3.8, 4) is 0 Å². The number of rotatable bonds is 3. The van der Waals surface area contributed by atoms with Crippen molar-refractivity contribution in [2.24, 2.45) is 5.84 Å². The lowest BCUT2D eigenvalue weighted by atomic mass is 10.0. The van der Waals surface area contributed by atoms with Gasteiger partial charge >= 0.3 is 0 Å². The molecule has 0 spiro atoms. The first kappa shape index (κ1) is 13.7. The van der Waals surface area contributed by atoms with E-state index in [0.29, 0.717) is 5.56 Å². The number of hydrogen-bond donors (Lipinski definition) is 2. The first-order valence-electron chi connectivity index (χ1n) is 5.51. The van der Waals surface area contributed by atoms with E-state index < -0.39 is 0 Å². The van der Waals surface area contributed by atoms with E-state index in [9.17, 15) is 4.39 Å². The van der Waals surface area contributed by atoms with Gasteiger partial charge in [-0.1, -0.05) is 12.1 Å². The van der Waals surface area contributed by atoms with Gasteiger partial charge in [-0.15, -0.1) is 11.3 Å². The molecule has 0 radical (unpaired) electrons. The van der Waals surface area contributed by atoms with Gasteiger partial charge in [0.25, 0.3) is 0 Å². The molecule has 3 N–H and O–H groups in total. The minimum absolute atomic E-state index is 0.185. The molecule has 1 atom stereocenters. The van der Waals surface area contributed by atoms with E-state index in [1.165, 1.54) is 6.07 Å². The van der Waals surface area contributed by atoms with Crippen molar-refractivity contribution >= 4 is 27.3 Å². The van der Waals surface area contributed by atoms with Crippen LogP contribution in [0.15, 0.2) is 28.1 Å². The Balaban J connectivity index is 2.41. The summed E-state index contributed by atoms with van der Waals surface area (Å²) in [4.78, 5) is 1.06. The van der Waals surface area contributed by atoms with Crippen molar-refractivity contribution in [3.63, 3.8) is 0 Å². The second-order valence-electron chi connectivity index (χ2n) is 4.21. The minimum Gasteiger partial charge on any atom is -0.271 e. The molecule has 1 unspecified atom stereocenters. The topological polar surface area (TPSA) is 38.0 Å². The zero-order valence-corrected chi connectivity index (χ0v) is 12.5. The lowest BCUT2D eigenvalue weighted by Gasteiger charge is -2.15. The summed E-state index contributed by atoms with van der Waals surface area (Å²) in [5, 5.41) is 0. The van der Waals surface area contributed by atoms with Gasteiger partial charge in [-0.25, -0.2) is 9.82 Å². The number of nitrogens with one attached hydrogen (secondary N) is 1. The van der Waals surface area contributed by atoms with E-state index in [1.54, 1.807) is 24.3 Å². The molecule has 0 aliphatic heterocycles. The number of hydrogen-bond acceptors (Lipinski definition) is 3. The number of nitrogens with two attached hydrogens (primary N) is 1. The third-order valence-electron chi connectivity index (χ3n) is 2.86. The highest BCUT2D eigenvalue weighted by molar-refractivity contribution is 9.11. The van der Waals surface area contributed by atoms with Gasteiger partial charge < -0.3 is 0 Å². The second-order valence-corrected chi connectivity index (χ2v) is 6.62. The zero-order valence-electron chi connectivity index (χ0n) is 10.1. The summed E-state index contributed by atoms with van der Waals surface area (Å²) < 4.78 is 14.7. The highest BCUT2D eigenvalue weighted by atomic mass is 79.9. The molecule has 0 fully saturated rings. The third kappa shape index (κ3) is 2.64. The van der Waals surface area contributed by atoms with Crippen LogP contribution in [0.3, 0.4) is 0 Å². The fraction of sp³-hybridized carbons (Fsp3) is 0.231. The van der Waals surface area contributed by atoms with Crippen LogP contribution in [-0.2, 0) is 0 Å². The van der Waals surface area contributed by atoms with Crippen LogP contribution >= 0.6 is 27.3 Å². The van der Waals surface area contributed by atoms with Gasteiger partial charge in [0.05, 0.1) is 9.83 Å². The molecule has 0 aliphatic rings. The molecule has 18 heavy (non-hydrogen) atoms. The molecule has 2 aromatic rings. The lowest BCUT2D eigenvalue weighted by Crippen LogP contribution is -2.28. The van der Waals surface area contributed by atoms with Gasteiger partial charge in [0.1, 0.15) is 5.82 Å². The summed E-state index contributed by atoms with van der Waals surface area (Å²) in [5.74, 6) is 5.39. The highest BCUT2D eigenvalue weighted by Crippen LogP contribution is 2.34. The van der Waals surface area contributed by atoms with E-state index in [1.807, 2.05) is 13.0 Å². The van der Waals surface area contributed by atoms with Crippen molar-refractivity contribution in [1.29, 1.82) is 0 Å². The zero-order chi connectivity index (χ0) is 13.3. The molecule has 0 saturated carbocycles. The Labute approximate surface area is 118 Å². The Bertz CT molecular complexity index is 549. The molecule has 2 nitrogen and oxygen atoms in total. The van der Waals surface area contributed by atoms with Gasteiger partial charge in [-0.2, -0.15) is 0 Å². The molecule has 1 heterocycles. The maximum Gasteiger partial charge on any atom is 0.126 e. The molecule has 96 valence electrons. The van der Waals surface area contributed by atoms with Crippen LogP contribution < -0.4 is 11.3 Å². The van der Waals surface area contributed by atoms with Gasteiger partial charge in [-0.3, -0.25) is 5.84 Å². The van der Waals surface area contributed by atoms with Gasteiger partial charge in [0, 0.05) is 4.88 Å². The lowest BCUT2D eigenvalue weighted by molar-refractivity contribution is 0.601. The number of halogens is 2. The van der Waals surface area contributed by atoms with E-state index in [0.717, 1.165) is 19.8 Å². The van der Waals surface area contributed by atoms with E-state index >= 15 is 0 Å². The maximum atomic E-state index is 13.6. The van der Waals surface area contributed by atoms with Gasteiger partial charge in [0.2, 0.25) is 0 Å². The van der Waals surface area contributed by atoms with Crippen molar-refractivity contribution in [2.45, 2.75) is 19.9 Å². The van der Waals surface area contributed by atoms with Gasteiger partial charge in [-0.05, 0) is 58.6 Å². The Morgan fingerprint density at radius 1 is 1.28 bits per heavy atom. The van der Waals surface area contributed by atoms with Crippen LogP contribution in [0.2, 0.25) is 0 Å². The smallest absolute Gasteiger partial charge is 0.126 e. The van der Waals surface area contributed by atoms with Gasteiger partial charge in [0.15, 0.2) is 0 Å². The monoisotopic (exact) mass is 328 g/mol. The van der Waals surface area contributed by atoms with Crippen molar-refractivity contribution in [2.75, 3.05) is 0 Å². The molecule has 0 saturated heterocycles. The largest absolute Gasteiger partial charge is 0.271 e. The molecule has 1 aromatic carbocycles.